The fourth-order valence-electron chi connectivity index (χ4n) is 3.38. The van der Waals surface area contributed by atoms with Gasteiger partial charge in [0.05, 0.1) is 12.3 Å². The van der Waals surface area contributed by atoms with Crippen LogP contribution in [0.4, 0.5) is 0 Å². The molecule has 0 spiro atoms. The zero-order valence-electron chi connectivity index (χ0n) is 12.6. The molecule has 1 fully saturated rings. The third-order valence-corrected chi connectivity index (χ3v) is 3.88. The van der Waals surface area contributed by atoms with Crippen molar-refractivity contribution in [3.05, 3.63) is 24.0 Å². The van der Waals surface area contributed by atoms with Crippen molar-refractivity contribution in [3.8, 4) is 5.75 Å². The van der Waals surface area contributed by atoms with Crippen LogP contribution < -0.4 is 10.1 Å². The van der Waals surface area contributed by atoms with E-state index in [0.29, 0.717) is 11.5 Å². The fourth-order valence-corrected chi connectivity index (χ4v) is 3.38. The van der Waals surface area contributed by atoms with Gasteiger partial charge in [0.2, 0.25) is 0 Å². The molecular formula is C16H26N2O. The summed E-state index contributed by atoms with van der Waals surface area (Å²) in [5, 5.41) is 3.18. The minimum Gasteiger partial charge on any atom is -0.488 e. The summed E-state index contributed by atoms with van der Waals surface area (Å²) < 4.78 is 6.24. The van der Waals surface area contributed by atoms with Crippen molar-refractivity contribution in [1.82, 2.24) is 10.3 Å². The summed E-state index contributed by atoms with van der Waals surface area (Å²) in [6, 6.07) is 2.03. The maximum Gasteiger partial charge on any atom is 0.142 e. The van der Waals surface area contributed by atoms with E-state index in [-0.39, 0.29) is 0 Å². The monoisotopic (exact) mass is 262 g/mol. The number of hydrogen-bond acceptors (Lipinski definition) is 3. The van der Waals surface area contributed by atoms with E-state index in [1.165, 1.54) is 12.0 Å². The molecule has 0 amide bonds. The molecule has 19 heavy (non-hydrogen) atoms. The Morgan fingerprint density at radius 3 is 2.89 bits per heavy atom. The van der Waals surface area contributed by atoms with Crippen molar-refractivity contribution in [3.63, 3.8) is 0 Å². The zero-order valence-corrected chi connectivity index (χ0v) is 12.6. The number of aromatic nitrogens is 1. The van der Waals surface area contributed by atoms with Gasteiger partial charge in [-0.3, -0.25) is 4.98 Å². The van der Waals surface area contributed by atoms with E-state index in [1.807, 2.05) is 25.5 Å². The Kier molecular flexibility index (Phi) is 4.46. The second-order valence-corrected chi connectivity index (χ2v) is 6.67. The van der Waals surface area contributed by atoms with E-state index in [0.717, 1.165) is 31.1 Å². The lowest BCUT2D eigenvalue weighted by Gasteiger charge is -2.39. The number of rotatable bonds is 4. The van der Waals surface area contributed by atoms with Gasteiger partial charge in [0.25, 0.3) is 0 Å². The van der Waals surface area contributed by atoms with Gasteiger partial charge in [-0.25, -0.2) is 0 Å². The fraction of sp³-hybridized carbons (Fsp3) is 0.688. The molecular weight excluding hydrogens is 236 g/mol. The normalized spacial score (nSPS) is 26.1. The quantitative estimate of drug-likeness (QED) is 0.903. The summed E-state index contributed by atoms with van der Waals surface area (Å²) in [6.07, 6.45) is 7.57. The van der Waals surface area contributed by atoms with Gasteiger partial charge in [0.1, 0.15) is 5.75 Å². The van der Waals surface area contributed by atoms with Gasteiger partial charge in [-0.15, -0.1) is 0 Å². The van der Waals surface area contributed by atoms with Gasteiger partial charge in [-0.05, 0) is 43.7 Å². The Balaban J connectivity index is 2.08. The Morgan fingerprint density at radius 2 is 2.21 bits per heavy atom. The molecule has 1 aliphatic carbocycles. The highest BCUT2D eigenvalue weighted by molar-refractivity contribution is 5.30. The molecule has 1 saturated carbocycles. The van der Waals surface area contributed by atoms with Crippen LogP contribution >= 0.6 is 0 Å². The average Bonchev–Trinajstić information content (AvgIpc) is 2.29. The third-order valence-electron chi connectivity index (χ3n) is 3.88. The van der Waals surface area contributed by atoms with E-state index >= 15 is 0 Å². The van der Waals surface area contributed by atoms with Crippen molar-refractivity contribution in [2.75, 3.05) is 7.05 Å². The number of pyridine rings is 1. The van der Waals surface area contributed by atoms with Gasteiger partial charge in [0.15, 0.2) is 0 Å². The summed E-state index contributed by atoms with van der Waals surface area (Å²) in [5.74, 6) is 1.67. The van der Waals surface area contributed by atoms with Crippen LogP contribution in [0.3, 0.4) is 0 Å². The molecule has 1 aliphatic rings. The Hall–Kier alpha value is -1.09. The average molecular weight is 262 g/mol. The first-order valence-electron chi connectivity index (χ1n) is 7.24. The van der Waals surface area contributed by atoms with Gasteiger partial charge < -0.3 is 10.1 Å². The summed E-state index contributed by atoms with van der Waals surface area (Å²) in [6.45, 7) is 7.84. The van der Waals surface area contributed by atoms with Crippen LogP contribution in [0, 0.1) is 11.3 Å². The first-order valence-corrected chi connectivity index (χ1v) is 7.24. The minimum absolute atomic E-state index is 0.318. The number of hydrogen-bond donors (Lipinski definition) is 1. The number of nitrogens with zero attached hydrogens (tertiary/aromatic N) is 1. The first kappa shape index (κ1) is 14.3. The number of ether oxygens (including phenoxy) is 1. The van der Waals surface area contributed by atoms with Crippen molar-refractivity contribution in [1.29, 1.82) is 0 Å². The Morgan fingerprint density at radius 1 is 1.42 bits per heavy atom. The molecule has 2 unspecified atom stereocenters. The molecule has 0 radical (unpaired) electrons. The Bertz CT molecular complexity index is 417. The molecule has 1 aromatic rings. The second kappa shape index (κ2) is 5.91. The first-order chi connectivity index (χ1) is 9.00. The van der Waals surface area contributed by atoms with Crippen LogP contribution in [0.25, 0.3) is 0 Å². The van der Waals surface area contributed by atoms with Crippen molar-refractivity contribution in [2.24, 2.45) is 11.3 Å². The van der Waals surface area contributed by atoms with Crippen molar-refractivity contribution in [2.45, 2.75) is 52.7 Å². The van der Waals surface area contributed by atoms with Gasteiger partial charge in [-0.2, -0.15) is 0 Å². The highest BCUT2D eigenvalue weighted by Crippen LogP contribution is 2.40. The topological polar surface area (TPSA) is 34.2 Å². The van der Waals surface area contributed by atoms with E-state index in [1.54, 1.807) is 0 Å². The summed E-state index contributed by atoms with van der Waals surface area (Å²) in [5.41, 5.74) is 1.57. The smallest absolute Gasteiger partial charge is 0.142 e. The predicted molar refractivity (Wildman–Crippen MR) is 78.2 cm³/mol. The maximum atomic E-state index is 6.24. The largest absolute Gasteiger partial charge is 0.488 e. The predicted octanol–water partition coefficient (Wildman–Crippen LogP) is 3.39. The third kappa shape index (κ3) is 3.93. The van der Waals surface area contributed by atoms with Crippen LogP contribution in [0.15, 0.2) is 18.5 Å². The molecule has 0 aliphatic heterocycles. The minimum atomic E-state index is 0.318. The van der Waals surface area contributed by atoms with Crippen LogP contribution in [-0.2, 0) is 6.54 Å². The van der Waals surface area contributed by atoms with E-state index in [2.05, 4.69) is 31.1 Å². The zero-order chi connectivity index (χ0) is 13.9. The lowest BCUT2D eigenvalue weighted by molar-refractivity contribution is 0.0553. The molecule has 0 bridgehead atoms. The maximum absolute atomic E-state index is 6.24. The van der Waals surface area contributed by atoms with E-state index < -0.39 is 0 Å². The van der Waals surface area contributed by atoms with E-state index in [4.69, 9.17) is 4.74 Å². The number of nitrogens with one attached hydrogen (secondary N) is 1. The van der Waals surface area contributed by atoms with Gasteiger partial charge in [-0.1, -0.05) is 20.8 Å². The lowest BCUT2D eigenvalue weighted by atomic mass is 9.71. The molecule has 106 valence electrons. The Labute approximate surface area is 116 Å². The highest BCUT2D eigenvalue weighted by Gasteiger charge is 2.33. The molecule has 1 N–H and O–H groups in total. The van der Waals surface area contributed by atoms with Gasteiger partial charge >= 0.3 is 0 Å². The van der Waals surface area contributed by atoms with Crippen molar-refractivity contribution >= 4 is 0 Å². The van der Waals surface area contributed by atoms with Gasteiger partial charge in [0, 0.05) is 18.3 Å². The van der Waals surface area contributed by atoms with Crippen LogP contribution in [0.5, 0.6) is 5.75 Å². The molecule has 1 heterocycles. The van der Waals surface area contributed by atoms with Crippen LogP contribution in [0.1, 0.15) is 45.6 Å². The highest BCUT2D eigenvalue weighted by atomic mass is 16.5. The molecule has 2 atom stereocenters. The van der Waals surface area contributed by atoms with Crippen LogP contribution in [-0.4, -0.2) is 18.1 Å². The summed E-state index contributed by atoms with van der Waals surface area (Å²) >= 11 is 0. The molecule has 1 aromatic heterocycles. The molecule has 2 rings (SSSR count). The molecule has 3 heteroatoms. The lowest BCUT2D eigenvalue weighted by Crippen LogP contribution is -2.34. The summed E-state index contributed by atoms with van der Waals surface area (Å²) in [7, 11) is 1.95. The van der Waals surface area contributed by atoms with Crippen molar-refractivity contribution < 1.29 is 4.74 Å². The molecule has 0 saturated heterocycles. The second-order valence-electron chi connectivity index (χ2n) is 6.67. The summed E-state index contributed by atoms with van der Waals surface area (Å²) in [4.78, 5) is 4.20. The van der Waals surface area contributed by atoms with E-state index in [9.17, 15) is 0 Å². The SMILES string of the molecule is CNCc1ccncc1OC1CC(C)CC(C)(C)C1. The molecule has 0 aromatic carbocycles. The van der Waals surface area contributed by atoms with Crippen LogP contribution in [0.2, 0.25) is 0 Å². The standard InChI is InChI=1S/C16H26N2O/c1-12-7-14(9-16(2,3)8-12)19-15-11-18-6-5-13(15)10-17-4/h5-6,11-12,14,17H,7-10H2,1-4H3. The molecule has 3 nitrogen and oxygen atoms in total.